The lowest BCUT2D eigenvalue weighted by atomic mass is 10.3. The number of nitrogen functional groups attached to an aromatic ring is 1. The number of benzene rings is 1. The van der Waals surface area contributed by atoms with Crippen LogP contribution >= 0.6 is 0 Å². The maximum atomic E-state index is 11.2. The third-order valence-electron chi connectivity index (χ3n) is 2.63. The highest BCUT2D eigenvalue weighted by molar-refractivity contribution is 7.89. The van der Waals surface area contributed by atoms with Crippen molar-refractivity contribution >= 4 is 15.7 Å². The molecule has 0 saturated carbocycles. The molecule has 0 atom stereocenters. The van der Waals surface area contributed by atoms with Crippen molar-refractivity contribution in [1.29, 1.82) is 0 Å². The van der Waals surface area contributed by atoms with Crippen LogP contribution in [0.4, 0.5) is 5.69 Å². The number of anilines is 1. The number of ether oxygens (including phenoxy) is 1. The van der Waals surface area contributed by atoms with Gasteiger partial charge in [0.2, 0.25) is 10.0 Å². The fraction of sp³-hybridized carbons (Fsp3) is 0.250. The van der Waals surface area contributed by atoms with Crippen molar-refractivity contribution in [2.24, 2.45) is 5.14 Å². The normalized spacial score (nSPS) is 11.8. The van der Waals surface area contributed by atoms with E-state index in [1.165, 1.54) is 18.2 Å². The molecule has 1 aromatic heterocycles. The van der Waals surface area contributed by atoms with Gasteiger partial charge in [-0.05, 0) is 26.0 Å². The number of hydrogen-bond acceptors (Lipinski definition) is 5. The summed E-state index contributed by atoms with van der Waals surface area (Å²) < 4.78 is 29.8. The first kappa shape index (κ1) is 14.4. The topological polar surface area (TPSA) is 113 Å². The van der Waals surface area contributed by atoms with E-state index in [0.29, 0.717) is 11.5 Å². The lowest BCUT2D eigenvalue weighted by molar-refractivity contribution is 0.477. The lowest BCUT2D eigenvalue weighted by Gasteiger charge is -2.07. The van der Waals surface area contributed by atoms with Crippen LogP contribution < -0.4 is 15.6 Å². The minimum atomic E-state index is -3.83. The summed E-state index contributed by atoms with van der Waals surface area (Å²) in [5.74, 6) is 0.958. The van der Waals surface area contributed by atoms with E-state index in [2.05, 4.69) is 5.10 Å². The Balaban J connectivity index is 2.24. The molecular formula is C12H16N4O3S. The number of primary sulfonamides is 1. The van der Waals surface area contributed by atoms with Gasteiger partial charge in [-0.15, -0.1) is 0 Å². The minimum absolute atomic E-state index is 0.0428. The average Bonchev–Trinajstić information content (AvgIpc) is 2.76. The minimum Gasteiger partial charge on any atom is -0.454 e. The van der Waals surface area contributed by atoms with Gasteiger partial charge in [-0.25, -0.2) is 13.6 Å². The Hall–Kier alpha value is -2.06. The molecule has 4 N–H and O–H groups in total. The summed E-state index contributed by atoms with van der Waals surface area (Å²) in [4.78, 5) is -0.122. The Morgan fingerprint density at radius 2 is 2.00 bits per heavy atom. The van der Waals surface area contributed by atoms with Crippen LogP contribution in [0.3, 0.4) is 0 Å². The number of aromatic nitrogens is 2. The van der Waals surface area contributed by atoms with Crippen molar-refractivity contribution in [3.63, 3.8) is 0 Å². The van der Waals surface area contributed by atoms with Gasteiger partial charge in [-0.1, -0.05) is 0 Å². The smallest absolute Gasteiger partial charge is 0.240 e. The molecule has 0 spiro atoms. The van der Waals surface area contributed by atoms with E-state index in [4.69, 9.17) is 15.6 Å². The molecule has 0 aliphatic heterocycles. The molecule has 0 unspecified atom stereocenters. The van der Waals surface area contributed by atoms with Crippen molar-refractivity contribution in [3.05, 3.63) is 30.6 Å². The van der Waals surface area contributed by atoms with Crippen LogP contribution in [0.1, 0.15) is 19.9 Å². The molecule has 0 aliphatic rings. The molecule has 20 heavy (non-hydrogen) atoms. The molecule has 8 heteroatoms. The molecule has 2 aromatic rings. The number of hydrogen-bond donors (Lipinski definition) is 2. The molecule has 0 saturated heterocycles. The number of nitrogens with two attached hydrogens (primary N) is 2. The largest absolute Gasteiger partial charge is 0.454 e. The van der Waals surface area contributed by atoms with E-state index in [0.717, 1.165) is 0 Å². The van der Waals surface area contributed by atoms with Crippen molar-refractivity contribution in [3.8, 4) is 11.5 Å². The van der Waals surface area contributed by atoms with Crippen molar-refractivity contribution in [2.75, 3.05) is 5.73 Å². The van der Waals surface area contributed by atoms with Crippen LogP contribution in [-0.4, -0.2) is 18.2 Å². The van der Waals surface area contributed by atoms with E-state index in [-0.39, 0.29) is 16.6 Å². The molecule has 1 heterocycles. The second kappa shape index (κ2) is 5.14. The third-order valence-corrected chi connectivity index (χ3v) is 3.62. The first-order valence-electron chi connectivity index (χ1n) is 5.91. The van der Waals surface area contributed by atoms with Crippen LogP contribution in [0.15, 0.2) is 35.5 Å². The van der Waals surface area contributed by atoms with Crippen LogP contribution in [0.2, 0.25) is 0 Å². The Morgan fingerprint density at radius 1 is 1.30 bits per heavy atom. The van der Waals surface area contributed by atoms with Crippen LogP contribution in [0.25, 0.3) is 0 Å². The molecule has 0 amide bonds. The van der Waals surface area contributed by atoms with Crippen LogP contribution in [0, 0.1) is 0 Å². The molecular weight excluding hydrogens is 280 g/mol. The van der Waals surface area contributed by atoms with E-state index in [1.54, 1.807) is 17.1 Å². The Labute approximate surface area is 117 Å². The highest BCUT2D eigenvalue weighted by Crippen LogP contribution is 2.27. The fourth-order valence-electron chi connectivity index (χ4n) is 1.64. The zero-order valence-electron chi connectivity index (χ0n) is 11.1. The predicted molar refractivity (Wildman–Crippen MR) is 74.9 cm³/mol. The highest BCUT2D eigenvalue weighted by Gasteiger charge is 2.13. The number of sulfonamides is 1. The van der Waals surface area contributed by atoms with E-state index in [1.807, 2.05) is 13.8 Å². The summed E-state index contributed by atoms with van der Waals surface area (Å²) in [5, 5.41) is 9.17. The summed E-state index contributed by atoms with van der Waals surface area (Å²) in [6.45, 7) is 3.99. The maximum Gasteiger partial charge on any atom is 0.240 e. The second-order valence-electron chi connectivity index (χ2n) is 4.60. The van der Waals surface area contributed by atoms with Gasteiger partial charge >= 0.3 is 0 Å². The summed E-state index contributed by atoms with van der Waals surface area (Å²) in [7, 11) is -3.83. The first-order valence-corrected chi connectivity index (χ1v) is 7.46. The molecule has 0 fully saturated rings. The highest BCUT2D eigenvalue weighted by atomic mass is 32.2. The number of nitrogens with zero attached hydrogens (tertiary/aromatic N) is 2. The van der Waals surface area contributed by atoms with Crippen LogP contribution in [0.5, 0.6) is 11.5 Å². The lowest BCUT2D eigenvalue weighted by Crippen LogP contribution is -2.14. The Morgan fingerprint density at radius 3 is 2.50 bits per heavy atom. The SMILES string of the molecule is CC(C)n1cc(Oc2ccc(S(N)(=O)=O)c(N)c2)cn1. The zero-order chi connectivity index (χ0) is 14.9. The van der Waals surface area contributed by atoms with Gasteiger partial charge in [0.15, 0.2) is 5.75 Å². The van der Waals surface area contributed by atoms with E-state index in [9.17, 15) is 8.42 Å². The Kier molecular flexibility index (Phi) is 3.69. The van der Waals surface area contributed by atoms with Gasteiger partial charge < -0.3 is 10.5 Å². The molecule has 7 nitrogen and oxygen atoms in total. The van der Waals surface area contributed by atoms with Gasteiger partial charge in [0.25, 0.3) is 0 Å². The number of rotatable bonds is 4. The molecule has 108 valence electrons. The van der Waals surface area contributed by atoms with Gasteiger partial charge in [-0.2, -0.15) is 5.10 Å². The molecule has 2 rings (SSSR count). The summed E-state index contributed by atoms with van der Waals surface area (Å²) >= 11 is 0. The average molecular weight is 296 g/mol. The van der Waals surface area contributed by atoms with Crippen LogP contribution in [-0.2, 0) is 10.0 Å². The summed E-state index contributed by atoms with van der Waals surface area (Å²) in [6, 6.07) is 4.43. The first-order chi connectivity index (χ1) is 9.27. The maximum absolute atomic E-state index is 11.2. The predicted octanol–water partition coefficient (Wildman–Crippen LogP) is 1.49. The Bertz CT molecular complexity index is 722. The molecule has 0 aliphatic carbocycles. The molecule has 0 bridgehead atoms. The van der Waals surface area contributed by atoms with Gasteiger partial charge in [0, 0.05) is 12.1 Å². The second-order valence-corrected chi connectivity index (χ2v) is 6.13. The molecule has 1 aromatic carbocycles. The van der Waals surface area contributed by atoms with E-state index >= 15 is 0 Å². The fourth-order valence-corrected chi connectivity index (χ4v) is 2.29. The third kappa shape index (κ3) is 3.09. The quantitative estimate of drug-likeness (QED) is 0.830. The summed E-state index contributed by atoms with van der Waals surface area (Å²) in [6.07, 6.45) is 3.32. The van der Waals surface area contributed by atoms with Crippen molar-refractivity contribution in [1.82, 2.24) is 9.78 Å². The van der Waals surface area contributed by atoms with Gasteiger partial charge in [0.1, 0.15) is 10.6 Å². The van der Waals surface area contributed by atoms with Crippen molar-refractivity contribution in [2.45, 2.75) is 24.8 Å². The summed E-state index contributed by atoms with van der Waals surface area (Å²) in [5.41, 5.74) is 5.70. The standard InChI is InChI=1S/C12H16N4O3S/c1-8(2)16-7-10(6-15-16)19-9-3-4-12(11(13)5-9)20(14,17)18/h3-8H,13H2,1-2H3,(H2,14,17,18). The van der Waals surface area contributed by atoms with Crippen molar-refractivity contribution < 1.29 is 13.2 Å². The van der Waals surface area contributed by atoms with E-state index < -0.39 is 10.0 Å². The van der Waals surface area contributed by atoms with Gasteiger partial charge in [0.05, 0.1) is 18.1 Å². The van der Waals surface area contributed by atoms with Gasteiger partial charge in [-0.3, -0.25) is 4.68 Å². The zero-order valence-corrected chi connectivity index (χ0v) is 12.0. The monoisotopic (exact) mass is 296 g/mol. The molecule has 0 radical (unpaired) electrons.